The Bertz CT molecular complexity index is 189. The Labute approximate surface area is 107 Å². The lowest BCUT2D eigenvalue weighted by molar-refractivity contribution is 0.0368. The maximum Gasteiger partial charge on any atom is 0.171 e. The summed E-state index contributed by atoms with van der Waals surface area (Å²) < 4.78 is 6.07. The predicted molar refractivity (Wildman–Crippen MR) is 73.8 cm³/mol. The van der Waals surface area contributed by atoms with Gasteiger partial charge in [0, 0.05) is 19.6 Å². The lowest BCUT2D eigenvalue weighted by atomic mass is 9.89. The van der Waals surface area contributed by atoms with Gasteiger partial charge in [-0.15, -0.1) is 0 Å². The van der Waals surface area contributed by atoms with Crippen molar-refractivity contribution in [2.45, 2.75) is 40.0 Å². The molecule has 0 bridgehead atoms. The van der Waals surface area contributed by atoms with Gasteiger partial charge in [0.1, 0.15) is 0 Å². The van der Waals surface area contributed by atoms with Gasteiger partial charge in [-0.1, -0.05) is 20.8 Å². The molecular formula is C12H29NO3Si. The normalized spacial score (nSPS) is 14.6. The van der Waals surface area contributed by atoms with Crippen LogP contribution >= 0.6 is 0 Å². The Hall–Kier alpha value is 0.0569. The van der Waals surface area contributed by atoms with Crippen LogP contribution in [-0.4, -0.2) is 63.1 Å². The third-order valence-electron chi connectivity index (χ3n) is 2.66. The molecule has 5 heteroatoms. The van der Waals surface area contributed by atoms with E-state index in [9.17, 15) is 0 Å². The third-order valence-corrected chi connectivity index (χ3v) is 3.53. The van der Waals surface area contributed by atoms with Gasteiger partial charge in [0.25, 0.3) is 0 Å². The number of nitrogens with zero attached hydrogens (tertiary/aromatic N) is 1. The minimum atomic E-state index is -1.08. The molecule has 0 amide bonds. The Morgan fingerprint density at radius 1 is 1.12 bits per heavy atom. The fraction of sp³-hybridized carbons (Fsp3) is 1.00. The van der Waals surface area contributed by atoms with Gasteiger partial charge in [-0.25, -0.2) is 0 Å². The van der Waals surface area contributed by atoms with Gasteiger partial charge >= 0.3 is 0 Å². The first-order valence-corrected chi connectivity index (χ1v) is 9.18. The van der Waals surface area contributed by atoms with Crippen LogP contribution in [0.1, 0.15) is 20.8 Å². The lowest BCUT2D eigenvalue weighted by Crippen LogP contribution is -2.45. The molecule has 0 aliphatic rings. The zero-order chi connectivity index (χ0) is 13.5. The Morgan fingerprint density at radius 3 is 1.88 bits per heavy atom. The highest BCUT2D eigenvalue weighted by Crippen LogP contribution is 2.23. The Balaban J connectivity index is 4.47. The molecular weight excluding hydrogens is 234 g/mol. The summed E-state index contributed by atoms with van der Waals surface area (Å²) in [7, 11) is -1.08. The standard InChI is InChI=1S/C12H29NO3Si/c1-12(2,3)11(16-17(4)5)10-13(6-8-14)7-9-15/h11,14-15,17H,6-10H2,1-5H3. The SMILES string of the molecule is C[SiH](C)OC(CN(CCO)CCO)C(C)(C)C. The first kappa shape index (κ1) is 17.1. The van der Waals surface area contributed by atoms with Crippen LogP contribution in [0.4, 0.5) is 0 Å². The van der Waals surface area contributed by atoms with Crippen molar-refractivity contribution in [1.82, 2.24) is 4.90 Å². The van der Waals surface area contributed by atoms with Crippen molar-refractivity contribution >= 4 is 9.04 Å². The molecule has 0 fully saturated rings. The zero-order valence-electron chi connectivity index (χ0n) is 11.9. The van der Waals surface area contributed by atoms with E-state index < -0.39 is 9.04 Å². The largest absolute Gasteiger partial charge is 0.416 e. The molecule has 4 nitrogen and oxygen atoms in total. The number of hydrogen-bond acceptors (Lipinski definition) is 4. The van der Waals surface area contributed by atoms with Crippen molar-refractivity contribution < 1.29 is 14.6 Å². The van der Waals surface area contributed by atoms with Gasteiger partial charge in [-0.05, 0) is 18.5 Å². The minimum Gasteiger partial charge on any atom is -0.416 e. The molecule has 104 valence electrons. The summed E-state index contributed by atoms with van der Waals surface area (Å²) in [4.78, 5) is 2.06. The molecule has 0 rings (SSSR count). The van der Waals surface area contributed by atoms with Crippen LogP contribution in [0.5, 0.6) is 0 Å². The fourth-order valence-electron chi connectivity index (χ4n) is 1.66. The third kappa shape index (κ3) is 7.89. The summed E-state index contributed by atoms with van der Waals surface area (Å²) in [5, 5.41) is 18.0. The molecule has 0 heterocycles. The van der Waals surface area contributed by atoms with E-state index in [0.717, 1.165) is 6.54 Å². The van der Waals surface area contributed by atoms with E-state index in [1.54, 1.807) is 0 Å². The van der Waals surface area contributed by atoms with Crippen molar-refractivity contribution in [1.29, 1.82) is 0 Å². The van der Waals surface area contributed by atoms with Gasteiger partial charge in [-0.2, -0.15) is 0 Å². The average molecular weight is 263 g/mol. The molecule has 2 N–H and O–H groups in total. The molecule has 0 aromatic rings. The summed E-state index contributed by atoms with van der Waals surface area (Å²) >= 11 is 0. The summed E-state index contributed by atoms with van der Waals surface area (Å²) in [6, 6.07) is 0. The minimum absolute atomic E-state index is 0.0838. The Kier molecular flexibility index (Phi) is 8.24. The van der Waals surface area contributed by atoms with E-state index in [1.165, 1.54) is 0 Å². The number of hydrogen-bond donors (Lipinski definition) is 2. The van der Waals surface area contributed by atoms with Crippen LogP contribution in [0.3, 0.4) is 0 Å². The highest BCUT2D eigenvalue weighted by molar-refractivity contribution is 6.48. The molecule has 0 aliphatic carbocycles. The lowest BCUT2D eigenvalue weighted by Gasteiger charge is -2.36. The van der Waals surface area contributed by atoms with E-state index in [2.05, 4.69) is 38.8 Å². The first-order chi connectivity index (χ1) is 7.81. The molecule has 0 saturated carbocycles. The molecule has 1 atom stereocenters. The van der Waals surface area contributed by atoms with Gasteiger partial charge in [0.05, 0.1) is 19.3 Å². The second-order valence-electron chi connectivity index (χ2n) is 5.79. The van der Waals surface area contributed by atoms with E-state index >= 15 is 0 Å². The van der Waals surface area contributed by atoms with Gasteiger partial charge < -0.3 is 14.6 Å². The smallest absolute Gasteiger partial charge is 0.171 e. The second kappa shape index (κ2) is 8.21. The van der Waals surface area contributed by atoms with E-state index in [4.69, 9.17) is 14.6 Å². The van der Waals surface area contributed by atoms with Crippen molar-refractivity contribution in [3.8, 4) is 0 Å². The summed E-state index contributed by atoms with van der Waals surface area (Å²) in [6.45, 7) is 13.1. The second-order valence-corrected chi connectivity index (χ2v) is 8.16. The average Bonchev–Trinajstić information content (AvgIpc) is 2.15. The van der Waals surface area contributed by atoms with Gasteiger partial charge in [-0.3, -0.25) is 4.90 Å². The molecule has 0 spiro atoms. The summed E-state index contributed by atoms with van der Waals surface area (Å²) in [5.74, 6) is 0. The topological polar surface area (TPSA) is 52.9 Å². The number of rotatable bonds is 8. The highest BCUT2D eigenvalue weighted by atomic mass is 28.3. The quantitative estimate of drug-likeness (QED) is 0.633. The maximum atomic E-state index is 9.01. The first-order valence-electron chi connectivity index (χ1n) is 6.40. The zero-order valence-corrected chi connectivity index (χ0v) is 13.1. The van der Waals surface area contributed by atoms with Crippen molar-refractivity contribution in [3.05, 3.63) is 0 Å². The van der Waals surface area contributed by atoms with Crippen LogP contribution in [0.15, 0.2) is 0 Å². The van der Waals surface area contributed by atoms with Gasteiger partial charge in [0.2, 0.25) is 0 Å². The highest BCUT2D eigenvalue weighted by Gasteiger charge is 2.27. The predicted octanol–water partition coefficient (Wildman–Crippen LogP) is 0.688. The molecule has 17 heavy (non-hydrogen) atoms. The fourth-order valence-corrected chi connectivity index (χ4v) is 2.81. The molecule has 0 aliphatic heterocycles. The van der Waals surface area contributed by atoms with Gasteiger partial charge in [0.15, 0.2) is 9.04 Å². The van der Waals surface area contributed by atoms with Crippen molar-refractivity contribution in [3.63, 3.8) is 0 Å². The molecule has 0 aromatic heterocycles. The van der Waals surface area contributed by atoms with E-state index in [1.807, 2.05) is 0 Å². The van der Waals surface area contributed by atoms with E-state index in [-0.39, 0.29) is 24.7 Å². The summed E-state index contributed by atoms with van der Waals surface area (Å²) in [5.41, 5.74) is 0.0838. The number of aliphatic hydroxyl groups excluding tert-OH is 2. The van der Waals surface area contributed by atoms with Crippen molar-refractivity contribution in [2.75, 3.05) is 32.8 Å². The van der Waals surface area contributed by atoms with Crippen LogP contribution < -0.4 is 0 Å². The van der Waals surface area contributed by atoms with Crippen LogP contribution in [0.25, 0.3) is 0 Å². The molecule has 0 aromatic carbocycles. The van der Waals surface area contributed by atoms with Crippen LogP contribution in [0, 0.1) is 5.41 Å². The van der Waals surface area contributed by atoms with Crippen molar-refractivity contribution in [2.24, 2.45) is 5.41 Å². The molecule has 0 radical (unpaired) electrons. The summed E-state index contributed by atoms with van der Waals surface area (Å²) in [6.07, 6.45) is 0.160. The van der Waals surface area contributed by atoms with E-state index in [0.29, 0.717) is 13.1 Å². The number of aliphatic hydroxyl groups is 2. The van der Waals surface area contributed by atoms with Crippen LogP contribution in [-0.2, 0) is 4.43 Å². The maximum absolute atomic E-state index is 9.01. The molecule has 0 saturated heterocycles. The monoisotopic (exact) mass is 263 g/mol. The molecule has 1 unspecified atom stereocenters. The Morgan fingerprint density at radius 2 is 1.59 bits per heavy atom. The van der Waals surface area contributed by atoms with Crippen LogP contribution in [0.2, 0.25) is 13.1 Å².